The summed E-state index contributed by atoms with van der Waals surface area (Å²) >= 11 is 0. The minimum absolute atomic E-state index is 0.0321. The molecule has 9 nitrogen and oxygen atoms in total. The number of hydrogen-bond acceptors (Lipinski definition) is 9. The third-order valence-electron chi connectivity index (χ3n) is 26.2. The van der Waals surface area contributed by atoms with Crippen molar-refractivity contribution in [2.24, 2.45) is 121 Å². The summed E-state index contributed by atoms with van der Waals surface area (Å²) in [5.41, 5.74) is 5.14. The van der Waals surface area contributed by atoms with Crippen molar-refractivity contribution >= 4 is 24.2 Å². The van der Waals surface area contributed by atoms with Crippen molar-refractivity contribution in [3.05, 3.63) is 60.8 Å². The zero-order valence-electron chi connectivity index (χ0n) is 53.1. The van der Waals surface area contributed by atoms with Crippen molar-refractivity contribution < 1.29 is 43.6 Å². The highest BCUT2D eigenvalue weighted by Crippen LogP contribution is 2.67. The van der Waals surface area contributed by atoms with Gasteiger partial charge < -0.3 is 29.2 Å². The number of hydrogen-bond donors (Lipinski definition) is 2. The smallest absolute Gasteiger partial charge is 0.330 e. The molecular formula is C72H114O9. The second-order valence-electron chi connectivity index (χ2n) is 30.3. The lowest BCUT2D eigenvalue weighted by molar-refractivity contribution is -0.150. The zero-order chi connectivity index (χ0) is 59.5. The molecule has 81 heavy (non-hydrogen) atoms. The van der Waals surface area contributed by atoms with Crippen LogP contribution in [-0.2, 0) is 33.4 Å². The number of carbonyl (C=O) groups excluding carboxylic acids is 4. The number of aldehydes is 1. The molecule has 9 aliphatic rings. The van der Waals surface area contributed by atoms with Gasteiger partial charge in [-0.3, -0.25) is 9.59 Å². The molecule has 0 saturated heterocycles. The second kappa shape index (κ2) is 26.5. The van der Waals surface area contributed by atoms with Crippen LogP contribution in [0, 0.1) is 121 Å². The first kappa shape index (κ1) is 65.2. The molecule has 0 spiro atoms. The highest BCUT2D eigenvalue weighted by molar-refractivity contribution is 5.81. The van der Waals surface area contributed by atoms with Gasteiger partial charge in [-0.1, -0.05) is 136 Å². The highest BCUT2D eigenvalue weighted by atomic mass is 16.5. The van der Waals surface area contributed by atoms with E-state index in [4.69, 9.17) is 14.2 Å². The standard InChI is InChI=1S/C26H40O4.C23H36O3.C23H38O2/c1-17-11-13-26(5,20(15-17)8-10-24(28)29-6)23-12-14-25(4)18(2)7-9-22(25)21(23)16-30-19(3)27;1-15-8-10-23(5,18(12-15)13-24)21-9-11-22(4)16(2)6-7-20(22)19(21)14-26-17(3)25;1-16-9-11-23(4,18(14-16)6-5-13-24)21-10-12-22(3)17(2)7-8-20(22)19(21)15-25/h8,10,17,20-23H,2,7,9,11-16H2,1,3-6H3;13,15,18-21H,2,6-12,14H2,1,3-5H3;5-6,16,18-21,24-25H,2,7-15H2,1,3-4H3/b10-8+;;6-5+/t17-,20-,21-,22?,23?,25+,26-;15-,18+,19-,20?,21?,22+,23-;16-,18-,19-,20?,21?,22+,23-/m000/s1. The molecule has 21 atom stereocenters. The monoisotopic (exact) mass is 1120 g/mol. The number of esters is 3. The van der Waals surface area contributed by atoms with Crippen molar-refractivity contribution in [3.8, 4) is 0 Å². The summed E-state index contributed by atoms with van der Waals surface area (Å²) in [7, 11) is 1.43. The van der Waals surface area contributed by atoms with Crippen LogP contribution in [0.4, 0.5) is 0 Å². The van der Waals surface area contributed by atoms with Crippen molar-refractivity contribution in [1.29, 1.82) is 0 Å². The van der Waals surface area contributed by atoms with Gasteiger partial charge in [-0.25, -0.2) is 4.79 Å². The molecule has 0 aromatic rings. The predicted molar refractivity (Wildman–Crippen MR) is 326 cm³/mol. The molecule has 9 rings (SSSR count). The Balaban J connectivity index is 0.000000176. The first-order valence-electron chi connectivity index (χ1n) is 32.6. The molecule has 2 N–H and O–H groups in total. The third kappa shape index (κ3) is 13.1. The van der Waals surface area contributed by atoms with E-state index in [1.807, 2.05) is 6.08 Å². The summed E-state index contributed by atoms with van der Waals surface area (Å²) in [6.45, 7) is 39.0. The molecular weight excluding hydrogens is 1010 g/mol. The molecule has 9 heteroatoms. The first-order chi connectivity index (χ1) is 38.2. The average Bonchev–Trinajstić information content (AvgIpc) is 4.14. The van der Waals surface area contributed by atoms with E-state index in [0.29, 0.717) is 96.8 Å². The Morgan fingerprint density at radius 3 is 1.23 bits per heavy atom. The number of aliphatic hydroxyl groups is 2. The fourth-order valence-electron chi connectivity index (χ4n) is 20.6. The van der Waals surface area contributed by atoms with Crippen LogP contribution in [0.3, 0.4) is 0 Å². The van der Waals surface area contributed by atoms with Gasteiger partial charge >= 0.3 is 17.9 Å². The fraction of sp³-hybridized carbons (Fsp3) is 0.806. The number of fused-ring (bicyclic) bond motifs is 3. The summed E-state index contributed by atoms with van der Waals surface area (Å²) in [5, 5.41) is 19.7. The highest BCUT2D eigenvalue weighted by Gasteiger charge is 2.60. The number of methoxy groups -OCH3 is 1. The van der Waals surface area contributed by atoms with E-state index in [1.165, 1.54) is 95.3 Å². The van der Waals surface area contributed by atoms with Gasteiger partial charge in [0.1, 0.15) is 6.29 Å². The Kier molecular flexibility index (Phi) is 21.4. The van der Waals surface area contributed by atoms with Gasteiger partial charge in [0.05, 0.1) is 26.9 Å². The SMILES string of the molecule is C=C1CCC2[C@H](CO)C([C@@]3(C)CC[C@H](C)C[C@@H]3/C=C/CO)CC[C@]12C.C=C1CCC2[C@H](COC(C)=O)C([C@@]3(C)CC[C@H](C)C[C@@H]3/C=C/C(=O)OC)CC[C@]12C.C=C1CCC2[C@H](COC(C)=O)C([C@@]3(C)CC[C@H](C)C[C@@H]3C=O)CC[C@]12C. The summed E-state index contributed by atoms with van der Waals surface area (Å²) in [6.07, 6.45) is 33.6. The number of aliphatic hydroxyl groups excluding tert-OH is 2. The van der Waals surface area contributed by atoms with Crippen LogP contribution in [0.25, 0.3) is 0 Å². The van der Waals surface area contributed by atoms with Crippen LogP contribution in [0.15, 0.2) is 60.8 Å². The molecule has 456 valence electrons. The molecule has 9 aliphatic carbocycles. The van der Waals surface area contributed by atoms with E-state index >= 15 is 0 Å². The maximum absolute atomic E-state index is 12.0. The summed E-state index contributed by atoms with van der Waals surface area (Å²) < 4.78 is 16.1. The lowest BCUT2D eigenvalue weighted by atomic mass is 9.49. The summed E-state index contributed by atoms with van der Waals surface area (Å²) in [5.74, 6) is 6.61. The number of rotatable bonds is 13. The number of carbonyl (C=O) groups is 4. The number of ether oxygens (including phenoxy) is 3. The molecule has 0 bridgehead atoms. The quantitative estimate of drug-likeness (QED) is 0.0607. The molecule has 9 fully saturated rings. The lowest BCUT2D eigenvalue weighted by Crippen LogP contribution is -2.51. The van der Waals surface area contributed by atoms with E-state index in [-0.39, 0.29) is 62.9 Å². The molecule has 0 aromatic heterocycles. The third-order valence-corrected chi connectivity index (χ3v) is 26.2. The Morgan fingerprint density at radius 2 is 0.877 bits per heavy atom. The molecule has 0 aromatic carbocycles. The summed E-state index contributed by atoms with van der Waals surface area (Å²) in [6, 6.07) is 0. The van der Waals surface area contributed by atoms with Gasteiger partial charge in [0, 0.05) is 44.3 Å². The van der Waals surface area contributed by atoms with Crippen molar-refractivity contribution in [2.75, 3.05) is 33.5 Å². The van der Waals surface area contributed by atoms with Gasteiger partial charge in [0.15, 0.2) is 0 Å². The van der Waals surface area contributed by atoms with Gasteiger partial charge in [0.2, 0.25) is 0 Å². The number of allylic oxidation sites excluding steroid dienone is 5. The molecule has 9 saturated carbocycles. The molecule has 6 unspecified atom stereocenters. The van der Waals surface area contributed by atoms with Crippen molar-refractivity contribution in [1.82, 2.24) is 0 Å². The van der Waals surface area contributed by atoms with Crippen LogP contribution in [0.1, 0.15) is 211 Å². The molecule has 0 aliphatic heterocycles. The van der Waals surface area contributed by atoms with E-state index in [1.54, 1.807) is 6.08 Å². The average molecular weight is 1120 g/mol. The Labute approximate surface area is 492 Å². The van der Waals surface area contributed by atoms with E-state index in [2.05, 4.69) is 94.2 Å². The van der Waals surface area contributed by atoms with Crippen molar-refractivity contribution in [2.45, 2.75) is 211 Å². The normalized spacial score (nSPS) is 44.9. The van der Waals surface area contributed by atoms with E-state index in [0.717, 1.165) is 89.4 Å². The molecule has 0 radical (unpaired) electrons. The maximum Gasteiger partial charge on any atom is 0.330 e. The van der Waals surface area contributed by atoms with Crippen LogP contribution in [0.2, 0.25) is 0 Å². The minimum Gasteiger partial charge on any atom is -0.466 e. The van der Waals surface area contributed by atoms with Crippen LogP contribution < -0.4 is 0 Å². The van der Waals surface area contributed by atoms with Gasteiger partial charge in [-0.15, -0.1) is 0 Å². The summed E-state index contributed by atoms with van der Waals surface area (Å²) in [4.78, 5) is 47.1. The van der Waals surface area contributed by atoms with Gasteiger partial charge in [-0.2, -0.15) is 0 Å². The van der Waals surface area contributed by atoms with E-state index < -0.39 is 0 Å². The van der Waals surface area contributed by atoms with E-state index in [9.17, 15) is 29.4 Å². The molecule has 0 heterocycles. The maximum atomic E-state index is 12.0. The Hall–Kier alpha value is -3.30. The lowest BCUT2D eigenvalue weighted by Gasteiger charge is -2.56. The second-order valence-corrected chi connectivity index (χ2v) is 30.3. The molecule has 0 amide bonds. The Morgan fingerprint density at radius 1 is 0.519 bits per heavy atom. The Bertz CT molecular complexity index is 2310. The first-order valence-corrected chi connectivity index (χ1v) is 32.6. The fourth-order valence-corrected chi connectivity index (χ4v) is 20.6. The topological polar surface area (TPSA) is 136 Å². The zero-order valence-corrected chi connectivity index (χ0v) is 53.1. The minimum atomic E-state index is -0.282. The van der Waals surface area contributed by atoms with Crippen LogP contribution >= 0.6 is 0 Å². The van der Waals surface area contributed by atoms with Gasteiger partial charge in [-0.05, 0) is 219 Å². The van der Waals surface area contributed by atoms with Crippen molar-refractivity contribution in [3.63, 3.8) is 0 Å². The van der Waals surface area contributed by atoms with Crippen LogP contribution in [0.5, 0.6) is 0 Å². The predicted octanol–water partition coefficient (Wildman–Crippen LogP) is 15.9. The van der Waals surface area contributed by atoms with Crippen LogP contribution in [-0.4, -0.2) is 67.9 Å². The van der Waals surface area contributed by atoms with Gasteiger partial charge in [0.25, 0.3) is 0 Å². The largest absolute Gasteiger partial charge is 0.466 e.